The van der Waals surface area contributed by atoms with E-state index in [0.29, 0.717) is 11.5 Å². The number of carbonyl (C=O) groups excluding carboxylic acids is 1. The summed E-state index contributed by atoms with van der Waals surface area (Å²) in [7, 11) is 3.72. The van der Waals surface area contributed by atoms with E-state index in [-0.39, 0.29) is 5.69 Å². The summed E-state index contributed by atoms with van der Waals surface area (Å²) in [5.41, 5.74) is 5.28. The molecule has 0 atom stereocenters. The maximum atomic E-state index is 12.4. The molecule has 2 aromatic carbocycles. The van der Waals surface area contributed by atoms with Crippen molar-refractivity contribution in [2.75, 3.05) is 19.0 Å². The van der Waals surface area contributed by atoms with Crippen molar-refractivity contribution in [2.45, 2.75) is 0 Å². The highest BCUT2D eigenvalue weighted by Gasteiger charge is 2.11. The van der Waals surface area contributed by atoms with Gasteiger partial charge in [0.2, 0.25) is 0 Å². The van der Waals surface area contributed by atoms with Crippen LogP contribution < -0.4 is 10.3 Å². The summed E-state index contributed by atoms with van der Waals surface area (Å²) in [5, 5.41) is 12.3. The lowest BCUT2D eigenvalue weighted by Crippen LogP contribution is -2.22. The molecule has 0 aliphatic heterocycles. The molecule has 3 rings (SSSR count). The zero-order chi connectivity index (χ0) is 18.4. The number of anilines is 1. The molecule has 3 aromatic rings. The number of amides is 1. The van der Waals surface area contributed by atoms with Crippen LogP contribution in [-0.4, -0.2) is 35.9 Å². The van der Waals surface area contributed by atoms with Crippen LogP contribution in [0.3, 0.4) is 0 Å². The SMILES string of the molecule is CN(C)c1ccc(C(=O)NN=C(c2ccccc2)c2ccccc2)nn1. The van der Waals surface area contributed by atoms with Crippen molar-refractivity contribution >= 4 is 17.4 Å². The van der Waals surface area contributed by atoms with E-state index in [2.05, 4.69) is 20.7 Å². The molecular weight excluding hydrogens is 326 g/mol. The minimum Gasteiger partial charge on any atom is -0.361 e. The highest BCUT2D eigenvalue weighted by atomic mass is 16.2. The van der Waals surface area contributed by atoms with Crippen molar-refractivity contribution in [1.29, 1.82) is 0 Å². The lowest BCUT2D eigenvalue weighted by molar-refractivity contribution is 0.0949. The van der Waals surface area contributed by atoms with Crippen molar-refractivity contribution in [2.24, 2.45) is 5.10 Å². The number of nitrogens with zero attached hydrogens (tertiary/aromatic N) is 4. The summed E-state index contributed by atoms with van der Waals surface area (Å²) in [6, 6.07) is 22.8. The van der Waals surface area contributed by atoms with Crippen LogP contribution in [0.2, 0.25) is 0 Å². The van der Waals surface area contributed by atoms with Crippen LogP contribution in [0.15, 0.2) is 77.9 Å². The third kappa shape index (κ3) is 4.10. The number of nitrogens with one attached hydrogen (secondary N) is 1. The predicted octanol–water partition coefficient (Wildman–Crippen LogP) is 2.73. The van der Waals surface area contributed by atoms with E-state index in [9.17, 15) is 4.79 Å². The highest BCUT2D eigenvalue weighted by molar-refractivity contribution is 6.13. The van der Waals surface area contributed by atoms with E-state index in [4.69, 9.17) is 0 Å². The van der Waals surface area contributed by atoms with Crippen LogP contribution in [0.25, 0.3) is 0 Å². The molecule has 1 heterocycles. The third-order valence-electron chi connectivity index (χ3n) is 3.71. The van der Waals surface area contributed by atoms with Gasteiger partial charge in [-0.05, 0) is 12.1 Å². The van der Waals surface area contributed by atoms with Crippen molar-refractivity contribution in [3.05, 3.63) is 89.6 Å². The molecule has 0 aliphatic rings. The minimum absolute atomic E-state index is 0.208. The minimum atomic E-state index is -0.410. The van der Waals surface area contributed by atoms with Gasteiger partial charge in [0.1, 0.15) is 0 Å². The molecule has 26 heavy (non-hydrogen) atoms. The molecule has 0 radical (unpaired) electrons. The number of hydrogen-bond donors (Lipinski definition) is 1. The Morgan fingerprint density at radius 1 is 0.846 bits per heavy atom. The molecule has 0 spiro atoms. The second-order valence-corrected chi connectivity index (χ2v) is 5.80. The molecule has 0 unspecified atom stereocenters. The second-order valence-electron chi connectivity index (χ2n) is 5.80. The first-order valence-electron chi connectivity index (χ1n) is 8.15. The van der Waals surface area contributed by atoms with Crippen molar-refractivity contribution < 1.29 is 4.79 Å². The zero-order valence-corrected chi connectivity index (χ0v) is 14.6. The first-order valence-corrected chi connectivity index (χ1v) is 8.15. The number of hydrazone groups is 1. The van der Waals surface area contributed by atoms with Crippen molar-refractivity contribution in [3.63, 3.8) is 0 Å². The fraction of sp³-hybridized carbons (Fsp3) is 0.100. The Hall–Kier alpha value is -3.54. The van der Waals surface area contributed by atoms with Gasteiger partial charge in [-0.3, -0.25) is 4.79 Å². The van der Waals surface area contributed by atoms with E-state index >= 15 is 0 Å². The van der Waals surface area contributed by atoms with Crippen LogP contribution in [0.5, 0.6) is 0 Å². The topological polar surface area (TPSA) is 70.5 Å². The van der Waals surface area contributed by atoms with Crippen molar-refractivity contribution in [3.8, 4) is 0 Å². The van der Waals surface area contributed by atoms with Crippen LogP contribution in [0, 0.1) is 0 Å². The molecule has 0 fully saturated rings. The molecule has 130 valence electrons. The molecule has 1 N–H and O–H groups in total. The Morgan fingerprint density at radius 3 is 1.88 bits per heavy atom. The Bertz CT molecular complexity index is 849. The van der Waals surface area contributed by atoms with Gasteiger partial charge in [0.15, 0.2) is 11.5 Å². The van der Waals surface area contributed by atoms with Gasteiger partial charge >= 0.3 is 0 Å². The molecule has 0 saturated carbocycles. The average molecular weight is 345 g/mol. The standard InChI is InChI=1S/C20H19N5O/c1-25(2)18-14-13-17(21-22-18)20(26)24-23-19(15-9-5-3-6-10-15)16-11-7-4-8-12-16/h3-14H,1-2H3,(H,24,26). The molecule has 0 saturated heterocycles. The molecule has 0 aliphatic carbocycles. The second kappa shape index (κ2) is 8.02. The zero-order valence-electron chi connectivity index (χ0n) is 14.6. The number of rotatable bonds is 5. The molecular formula is C20H19N5O. The number of hydrogen-bond acceptors (Lipinski definition) is 5. The maximum Gasteiger partial charge on any atom is 0.291 e. The summed E-state index contributed by atoms with van der Waals surface area (Å²) >= 11 is 0. The molecule has 1 amide bonds. The van der Waals surface area contributed by atoms with Gasteiger partial charge in [-0.2, -0.15) is 5.10 Å². The summed E-state index contributed by atoms with van der Waals surface area (Å²) in [6.07, 6.45) is 0. The number of aromatic nitrogens is 2. The maximum absolute atomic E-state index is 12.4. The van der Waals surface area contributed by atoms with E-state index in [0.717, 1.165) is 11.1 Å². The summed E-state index contributed by atoms with van der Waals surface area (Å²) in [6.45, 7) is 0. The molecule has 1 aromatic heterocycles. The largest absolute Gasteiger partial charge is 0.361 e. The Kier molecular flexibility index (Phi) is 5.34. The molecule has 6 nitrogen and oxygen atoms in total. The van der Waals surface area contributed by atoms with E-state index in [1.54, 1.807) is 12.1 Å². The van der Waals surface area contributed by atoms with Gasteiger partial charge in [0, 0.05) is 25.2 Å². The van der Waals surface area contributed by atoms with Crippen LogP contribution >= 0.6 is 0 Å². The Morgan fingerprint density at radius 2 is 1.42 bits per heavy atom. The number of benzene rings is 2. The van der Waals surface area contributed by atoms with E-state index < -0.39 is 5.91 Å². The van der Waals surface area contributed by atoms with Crippen LogP contribution in [-0.2, 0) is 0 Å². The van der Waals surface area contributed by atoms with Gasteiger partial charge in [-0.25, -0.2) is 5.43 Å². The Balaban J connectivity index is 1.85. The van der Waals surface area contributed by atoms with Crippen molar-refractivity contribution in [1.82, 2.24) is 15.6 Å². The molecule has 6 heteroatoms. The fourth-order valence-corrected chi connectivity index (χ4v) is 2.34. The predicted molar refractivity (Wildman–Crippen MR) is 102 cm³/mol. The van der Waals surface area contributed by atoms with Gasteiger partial charge in [0.05, 0.1) is 5.71 Å². The van der Waals surface area contributed by atoms with E-state index in [1.165, 1.54) is 0 Å². The van der Waals surface area contributed by atoms with Crippen LogP contribution in [0.1, 0.15) is 21.6 Å². The summed E-state index contributed by atoms with van der Waals surface area (Å²) in [4.78, 5) is 14.2. The van der Waals surface area contributed by atoms with Gasteiger partial charge < -0.3 is 4.90 Å². The average Bonchev–Trinajstić information content (AvgIpc) is 2.69. The van der Waals surface area contributed by atoms with Gasteiger partial charge in [-0.1, -0.05) is 60.7 Å². The quantitative estimate of drug-likeness (QED) is 0.570. The highest BCUT2D eigenvalue weighted by Crippen LogP contribution is 2.11. The monoisotopic (exact) mass is 345 g/mol. The van der Waals surface area contributed by atoms with E-state index in [1.807, 2.05) is 79.7 Å². The van der Waals surface area contributed by atoms with Gasteiger partial charge in [0.25, 0.3) is 5.91 Å². The third-order valence-corrected chi connectivity index (χ3v) is 3.71. The number of carbonyl (C=O) groups is 1. The fourth-order valence-electron chi connectivity index (χ4n) is 2.34. The lowest BCUT2D eigenvalue weighted by Gasteiger charge is -2.10. The summed E-state index contributed by atoms with van der Waals surface area (Å²) in [5.74, 6) is 0.270. The van der Waals surface area contributed by atoms with Crippen LogP contribution in [0.4, 0.5) is 5.82 Å². The lowest BCUT2D eigenvalue weighted by atomic mass is 10.0. The molecule has 0 bridgehead atoms. The smallest absolute Gasteiger partial charge is 0.291 e. The first-order chi connectivity index (χ1) is 12.6. The first kappa shape index (κ1) is 17.3. The normalized spacial score (nSPS) is 10.1. The Labute approximate surface area is 152 Å². The van der Waals surface area contributed by atoms with Gasteiger partial charge in [-0.15, -0.1) is 10.2 Å². The summed E-state index contributed by atoms with van der Waals surface area (Å²) < 4.78 is 0.